The summed E-state index contributed by atoms with van der Waals surface area (Å²) in [6.45, 7) is 0.810. The minimum Gasteiger partial charge on any atom is -0.306 e. The highest BCUT2D eigenvalue weighted by molar-refractivity contribution is 7.98. The summed E-state index contributed by atoms with van der Waals surface area (Å²) in [4.78, 5) is 36.1. The van der Waals surface area contributed by atoms with Crippen molar-refractivity contribution >= 4 is 58.1 Å². The number of benzene rings is 1. The standard InChI is InChI=1S/C21H15Cl2N3O2S2/c1-29-16-11-30-18(17(16)23)20(28)26-9-8-25-19(27)14-6-7-24-10-15(14)21(25,26)12-2-4-13(22)5-3-12/h2-7,10-11H,8-9H2,1H3. The first-order valence-electron chi connectivity index (χ1n) is 9.15. The first-order valence-corrected chi connectivity index (χ1v) is 12.0. The van der Waals surface area contributed by atoms with E-state index in [1.807, 2.05) is 23.8 Å². The summed E-state index contributed by atoms with van der Waals surface area (Å²) >= 11 is 15.5. The molecule has 2 aromatic heterocycles. The van der Waals surface area contributed by atoms with E-state index in [1.165, 1.54) is 23.1 Å². The van der Waals surface area contributed by atoms with E-state index in [1.54, 1.807) is 40.4 Å². The summed E-state index contributed by atoms with van der Waals surface area (Å²) in [6, 6.07) is 8.97. The van der Waals surface area contributed by atoms with Crippen molar-refractivity contribution in [3.63, 3.8) is 0 Å². The molecule has 9 heteroatoms. The molecule has 0 spiro atoms. The molecule has 1 aromatic carbocycles. The predicted molar refractivity (Wildman–Crippen MR) is 120 cm³/mol. The van der Waals surface area contributed by atoms with E-state index in [9.17, 15) is 9.59 Å². The number of amides is 2. The van der Waals surface area contributed by atoms with Crippen molar-refractivity contribution in [2.75, 3.05) is 19.3 Å². The van der Waals surface area contributed by atoms with Crippen LogP contribution < -0.4 is 0 Å². The third kappa shape index (κ3) is 2.59. The monoisotopic (exact) mass is 475 g/mol. The molecule has 0 saturated carbocycles. The van der Waals surface area contributed by atoms with Gasteiger partial charge in [0.2, 0.25) is 0 Å². The Morgan fingerprint density at radius 3 is 2.67 bits per heavy atom. The molecule has 4 heterocycles. The normalized spacial score (nSPS) is 19.9. The van der Waals surface area contributed by atoms with Gasteiger partial charge in [0.1, 0.15) is 4.88 Å². The molecule has 5 nitrogen and oxygen atoms in total. The molecule has 1 fully saturated rings. The van der Waals surface area contributed by atoms with Crippen molar-refractivity contribution in [3.8, 4) is 0 Å². The van der Waals surface area contributed by atoms with E-state index < -0.39 is 5.66 Å². The Morgan fingerprint density at radius 2 is 1.97 bits per heavy atom. The Labute approximate surface area is 191 Å². The first-order chi connectivity index (χ1) is 14.5. The number of pyridine rings is 1. The smallest absolute Gasteiger partial charge is 0.267 e. The fourth-order valence-corrected chi connectivity index (χ4v) is 6.68. The minimum atomic E-state index is -1.07. The van der Waals surface area contributed by atoms with Gasteiger partial charge < -0.3 is 9.80 Å². The molecule has 2 aliphatic rings. The maximum atomic E-state index is 13.8. The maximum absolute atomic E-state index is 13.8. The van der Waals surface area contributed by atoms with Crippen LogP contribution in [0.3, 0.4) is 0 Å². The molecule has 0 aliphatic carbocycles. The van der Waals surface area contributed by atoms with Crippen molar-refractivity contribution in [1.82, 2.24) is 14.8 Å². The average molecular weight is 476 g/mol. The number of fused-ring (bicyclic) bond motifs is 3. The quantitative estimate of drug-likeness (QED) is 0.501. The number of carbonyl (C=O) groups excluding carboxylic acids is 2. The van der Waals surface area contributed by atoms with Gasteiger partial charge in [-0.05, 0) is 24.5 Å². The van der Waals surface area contributed by atoms with E-state index in [2.05, 4.69) is 4.98 Å². The van der Waals surface area contributed by atoms with Crippen LogP contribution in [0.4, 0.5) is 0 Å². The molecular formula is C21H15Cl2N3O2S2. The van der Waals surface area contributed by atoms with Crippen LogP contribution in [0.2, 0.25) is 10.0 Å². The van der Waals surface area contributed by atoms with Gasteiger partial charge in [0.05, 0.1) is 10.6 Å². The van der Waals surface area contributed by atoms with E-state index in [4.69, 9.17) is 23.2 Å². The molecule has 1 saturated heterocycles. The molecule has 1 unspecified atom stereocenters. The van der Waals surface area contributed by atoms with E-state index >= 15 is 0 Å². The van der Waals surface area contributed by atoms with Crippen molar-refractivity contribution in [3.05, 3.63) is 79.7 Å². The Bertz CT molecular complexity index is 1180. The third-order valence-corrected chi connectivity index (χ3v) is 8.35. The van der Waals surface area contributed by atoms with Crippen LogP contribution in [0.5, 0.6) is 0 Å². The van der Waals surface area contributed by atoms with Gasteiger partial charge in [-0.1, -0.05) is 35.3 Å². The zero-order valence-corrected chi connectivity index (χ0v) is 18.9. The molecule has 0 radical (unpaired) electrons. The number of hydrogen-bond acceptors (Lipinski definition) is 5. The van der Waals surface area contributed by atoms with Gasteiger partial charge >= 0.3 is 0 Å². The molecule has 152 valence electrons. The van der Waals surface area contributed by atoms with E-state index in [0.29, 0.717) is 39.1 Å². The van der Waals surface area contributed by atoms with Crippen molar-refractivity contribution in [2.45, 2.75) is 10.6 Å². The van der Waals surface area contributed by atoms with Crippen molar-refractivity contribution < 1.29 is 9.59 Å². The van der Waals surface area contributed by atoms with Gasteiger partial charge in [-0.15, -0.1) is 23.1 Å². The van der Waals surface area contributed by atoms with Crippen LogP contribution in [0.25, 0.3) is 0 Å². The van der Waals surface area contributed by atoms with Crippen LogP contribution >= 0.6 is 46.3 Å². The zero-order chi connectivity index (χ0) is 21.0. The van der Waals surface area contributed by atoms with Gasteiger partial charge in [0.15, 0.2) is 5.66 Å². The summed E-state index contributed by atoms with van der Waals surface area (Å²) in [7, 11) is 0. The fraction of sp³-hybridized carbons (Fsp3) is 0.190. The summed E-state index contributed by atoms with van der Waals surface area (Å²) in [5, 5.41) is 2.93. The number of rotatable bonds is 3. The Morgan fingerprint density at radius 1 is 1.20 bits per heavy atom. The van der Waals surface area contributed by atoms with Gasteiger partial charge in [-0.3, -0.25) is 14.6 Å². The highest BCUT2D eigenvalue weighted by Gasteiger charge is 2.60. The molecule has 2 amide bonds. The highest BCUT2D eigenvalue weighted by atomic mass is 35.5. The number of thioether (sulfide) groups is 1. The SMILES string of the molecule is CSc1csc(C(=O)N2CCN3C(=O)c4ccncc4C32c2ccc(Cl)cc2)c1Cl. The van der Waals surface area contributed by atoms with E-state index in [0.717, 1.165) is 10.5 Å². The Kier molecular flexibility index (Phi) is 4.82. The Balaban J connectivity index is 1.74. The second-order valence-electron chi connectivity index (χ2n) is 6.96. The van der Waals surface area contributed by atoms with Crippen LogP contribution in [0.15, 0.2) is 53.0 Å². The lowest BCUT2D eigenvalue weighted by Gasteiger charge is -2.40. The Hall–Kier alpha value is -2.06. The lowest BCUT2D eigenvalue weighted by atomic mass is 9.91. The number of carbonyl (C=O) groups is 2. The second-order valence-corrected chi connectivity index (χ2v) is 9.50. The second kappa shape index (κ2) is 7.27. The van der Waals surface area contributed by atoms with Crippen LogP contribution in [0, 0.1) is 0 Å². The molecule has 1 atom stereocenters. The summed E-state index contributed by atoms with van der Waals surface area (Å²) in [5.74, 6) is -0.313. The lowest BCUT2D eigenvalue weighted by molar-refractivity contribution is 0.0378. The number of aromatic nitrogens is 1. The van der Waals surface area contributed by atoms with Crippen molar-refractivity contribution in [1.29, 1.82) is 0 Å². The van der Waals surface area contributed by atoms with Crippen LogP contribution in [0.1, 0.15) is 31.2 Å². The molecule has 5 rings (SSSR count). The number of nitrogens with zero attached hydrogens (tertiary/aromatic N) is 3. The number of halogens is 2. The highest BCUT2D eigenvalue weighted by Crippen LogP contribution is 2.50. The summed E-state index contributed by atoms with van der Waals surface area (Å²) in [6.07, 6.45) is 5.20. The van der Waals surface area contributed by atoms with Gasteiger partial charge in [0.25, 0.3) is 11.8 Å². The first kappa shape index (κ1) is 19.9. The molecule has 2 aliphatic heterocycles. The average Bonchev–Trinajstić information content (AvgIpc) is 3.40. The number of hydrogen-bond donors (Lipinski definition) is 0. The zero-order valence-electron chi connectivity index (χ0n) is 15.8. The summed E-state index contributed by atoms with van der Waals surface area (Å²) in [5.41, 5.74) is 0.964. The molecule has 0 bridgehead atoms. The molecule has 30 heavy (non-hydrogen) atoms. The predicted octanol–water partition coefficient (Wildman–Crippen LogP) is 4.98. The third-order valence-electron chi connectivity index (χ3n) is 5.61. The van der Waals surface area contributed by atoms with Crippen molar-refractivity contribution in [2.24, 2.45) is 0 Å². The largest absolute Gasteiger partial charge is 0.306 e. The molecular weight excluding hydrogens is 461 g/mol. The maximum Gasteiger partial charge on any atom is 0.267 e. The van der Waals surface area contributed by atoms with Gasteiger partial charge in [-0.25, -0.2) is 0 Å². The molecule has 3 aromatic rings. The van der Waals surface area contributed by atoms with E-state index in [-0.39, 0.29) is 11.8 Å². The summed E-state index contributed by atoms with van der Waals surface area (Å²) < 4.78 is 0. The fourth-order valence-electron chi connectivity index (χ4n) is 4.34. The molecule has 0 N–H and O–H groups in total. The topological polar surface area (TPSA) is 53.5 Å². The van der Waals surface area contributed by atoms with Gasteiger partial charge in [0, 0.05) is 51.9 Å². The lowest BCUT2D eigenvalue weighted by Crippen LogP contribution is -2.51. The number of thiophene rings is 1. The van der Waals surface area contributed by atoms with Gasteiger partial charge in [-0.2, -0.15) is 0 Å². The van der Waals surface area contributed by atoms with Crippen LogP contribution in [-0.2, 0) is 5.66 Å². The van der Waals surface area contributed by atoms with Crippen LogP contribution in [-0.4, -0.2) is 45.9 Å². The minimum absolute atomic E-state index is 0.111.